The van der Waals surface area contributed by atoms with Crippen LogP contribution in [0.25, 0.3) is 0 Å². The fourth-order valence-corrected chi connectivity index (χ4v) is 0.555. The van der Waals surface area contributed by atoms with E-state index in [1.807, 2.05) is 20.8 Å². The molecule has 0 spiro atoms. The number of ether oxygens (including phenoxy) is 1. The topological polar surface area (TPSA) is 35.3 Å². The van der Waals surface area contributed by atoms with E-state index < -0.39 is 5.54 Å². The lowest BCUT2D eigenvalue weighted by molar-refractivity contribution is -0.543. The summed E-state index contributed by atoms with van der Waals surface area (Å²) in [5.74, 6) is 0.396. The van der Waals surface area contributed by atoms with Gasteiger partial charge in [0.1, 0.15) is 0 Å². The molecule has 0 aliphatic carbocycles. The molecular weight excluding hydrogens is 130 g/mol. The lowest BCUT2D eigenvalue weighted by Crippen LogP contribution is -2.33. The number of rotatable bonds is 0. The number of hydrogen-bond acceptors (Lipinski definition) is 2. The third-order valence-electron chi connectivity index (χ3n) is 1.19. The second kappa shape index (κ2) is 2.90. The Morgan fingerprint density at radius 2 is 1.80 bits per heavy atom. The molecule has 0 aromatic carbocycles. The summed E-state index contributed by atoms with van der Waals surface area (Å²) >= 11 is 0. The highest BCUT2D eigenvalue weighted by atomic mass is 16.5. The van der Waals surface area contributed by atoms with Crippen LogP contribution >= 0.6 is 0 Å². The zero-order chi connectivity index (χ0) is 8.36. The molecule has 0 aromatic rings. The summed E-state index contributed by atoms with van der Waals surface area (Å²) in [5, 5.41) is 11.2. The first-order chi connectivity index (χ1) is 4.39. The molecule has 0 fully saturated rings. The minimum absolute atomic E-state index is 0.396. The average Bonchev–Trinajstić information content (AvgIpc) is 1.83. The molecule has 0 radical (unpaired) electrons. The smallest absolute Gasteiger partial charge is 0.344 e. The van der Waals surface area contributed by atoms with Gasteiger partial charge in [-0.2, -0.15) is 4.74 Å². The Bertz CT molecular complexity index is 144. The van der Waals surface area contributed by atoms with Gasteiger partial charge in [0.05, 0.1) is 14.0 Å². The lowest BCUT2D eigenvalue weighted by Gasteiger charge is -2.19. The SMILES string of the molecule is CO/C(C)=[N+](\[O-])C(C)(C)C. The number of nitrogens with zero attached hydrogens (tertiary/aromatic N) is 1. The molecule has 0 N–H and O–H groups in total. The maximum atomic E-state index is 11.2. The molecular formula is C7H15NO2. The van der Waals surface area contributed by atoms with Gasteiger partial charge in [-0.15, -0.1) is 0 Å². The molecule has 3 heteroatoms. The van der Waals surface area contributed by atoms with Crippen LogP contribution in [0.4, 0.5) is 0 Å². The van der Waals surface area contributed by atoms with Crippen LogP contribution in [0.15, 0.2) is 0 Å². The summed E-state index contributed by atoms with van der Waals surface area (Å²) in [6.45, 7) is 7.16. The van der Waals surface area contributed by atoms with Crippen LogP contribution in [0.2, 0.25) is 0 Å². The fourth-order valence-electron chi connectivity index (χ4n) is 0.555. The summed E-state index contributed by atoms with van der Waals surface area (Å²) < 4.78 is 5.62. The first kappa shape index (κ1) is 9.27. The Kier molecular flexibility index (Phi) is 2.69. The highest BCUT2D eigenvalue weighted by Crippen LogP contribution is 2.05. The van der Waals surface area contributed by atoms with E-state index in [1.54, 1.807) is 6.92 Å². The average molecular weight is 145 g/mol. The van der Waals surface area contributed by atoms with Crippen molar-refractivity contribution in [1.82, 2.24) is 0 Å². The van der Waals surface area contributed by atoms with Crippen molar-refractivity contribution in [2.24, 2.45) is 0 Å². The summed E-state index contributed by atoms with van der Waals surface area (Å²) in [6, 6.07) is 0. The van der Waals surface area contributed by atoms with E-state index in [1.165, 1.54) is 7.11 Å². The Hall–Kier alpha value is -0.730. The van der Waals surface area contributed by atoms with Gasteiger partial charge in [0.15, 0.2) is 5.54 Å². The summed E-state index contributed by atoms with van der Waals surface area (Å²) in [7, 11) is 1.49. The van der Waals surface area contributed by atoms with Gasteiger partial charge in [-0.25, -0.2) is 0 Å². The highest BCUT2D eigenvalue weighted by molar-refractivity contribution is 5.67. The zero-order valence-electron chi connectivity index (χ0n) is 7.26. The Balaban J connectivity index is 4.47. The molecule has 0 rings (SSSR count). The molecule has 0 heterocycles. The van der Waals surface area contributed by atoms with Crippen molar-refractivity contribution in [2.45, 2.75) is 33.2 Å². The highest BCUT2D eigenvalue weighted by Gasteiger charge is 2.21. The van der Waals surface area contributed by atoms with Crippen molar-refractivity contribution >= 4 is 5.90 Å². The summed E-state index contributed by atoms with van der Waals surface area (Å²) in [6.07, 6.45) is 0. The van der Waals surface area contributed by atoms with Crippen LogP contribution in [-0.4, -0.2) is 23.3 Å². The van der Waals surface area contributed by atoms with Gasteiger partial charge >= 0.3 is 5.90 Å². The Labute approximate surface area is 61.9 Å². The van der Waals surface area contributed by atoms with E-state index in [0.717, 1.165) is 4.74 Å². The van der Waals surface area contributed by atoms with Crippen LogP contribution in [0.5, 0.6) is 0 Å². The van der Waals surface area contributed by atoms with Crippen molar-refractivity contribution in [3.63, 3.8) is 0 Å². The van der Waals surface area contributed by atoms with Gasteiger partial charge < -0.3 is 9.94 Å². The largest absolute Gasteiger partial charge is 0.621 e. The van der Waals surface area contributed by atoms with Gasteiger partial charge in [0.2, 0.25) is 0 Å². The zero-order valence-corrected chi connectivity index (χ0v) is 7.26. The van der Waals surface area contributed by atoms with Crippen LogP contribution in [-0.2, 0) is 4.74 Å². The van der Waals surface area contributed by atoms with Gasteiger partial charge in [0.25, 0.3) is 0 Å². The summed E-state index contributed by atoms with van der Waals surface area (Å²) in [5.41, 5.74) is -0.403. The molecule has 0 saturated heterocycles. The molecule has 0 atom stereocenters. The second-order valence-corrected chi connectivity index (χ2v) is 3.19. The Morgan fingerprint density at radius 1 is 1.40 bits per heavy atom. The second-order valence-electron chi connectivity index (χ2n) is 3.19. The van der Waals surface area contributed by atoms with E-state index >= 15 is 0 Å². The van der Waals surface area contributed by atoms with Crippen molar-refractivity contribution in [1.29, 1.82) is 0 Å². The van der Waals surface area contributed by atoms with Crippen molar-refractivity contribution in [3.8, 4) is 0 Å². The minimum Gasteiger partial charge on any atom is -0.621 e. The monoisotopic (exact) mass is 145 g/mol. The van der Waals surface area contributed by atoms with Crippen LogP contribution in [0.1, 0.15) is 27.7 Å². The van der Waals surface area contributed by atoms with Crippen molar-refractivity contribution in [3.05, 3.63) is 5.21 Å². The molecule has 0 amide bonds. The van der Waals surface area contributed by atoms with Crippen molar-refractivity contribution in [2.75, 3.05) is 7.11 Å². The van der Waals surface area contributed by atoms with Crippen molar-refractivity contribution < 1.29 is 9.48 Å². The lowest BCUT2D eigenvalue weighted by atomic mass is 10.1. The third kappa shape index (κ3) is 2.25. The number of hydroxylamine groups is 1. The third-order valence-corrected chi connectivity index (χ3v) is 1.19. The number of methoxy groups -OCH3 is 1. The first-order valence-electron chi connectivity index (χ1n) is 3.24. The van der Waals surface area contributed by atoms with Crippen LogP contribution in [0, 0.1) is 5.21 Å². The predicted octanol–water partition coefficient (Wildman–Crippen LogP) is 1.36. The predicted molar refractivity (Wildman–Crippen MR) is 41.1 cm³/mol. The quantitative estimate of drug-likeness (QED) is 0.170. The fraction of sp³-hybridized carbons (Fsp3) is 0.857. The molecule has 0 unspecified atom stereocenters. The molecule has 10 heavy (non-hydrogen) atoms. The first-order valence-corrected chi connectivity index (χ1v) is 3.24. The maximum Gasteiger partial charge on any atom is 0.344 e. The molecule has 0 aromatic heterocycles. The van der Waals surface area contributed by atoms with Gasteiger partial charge in [-0.3, -0.25) is 0 Å². The molecule has 0 saturated carbocycles. The normalized spacial score (nSPS) is 14.5. The minimum atomic E-state index is -0.403. The standard InChI is InChI=1S/C7H15NO2/c1-6(10-5)8(9)7(2,3)4/h1-5H3/b8-6-. The Morgan fingerprint density at radius 3 is 1.90 bits per heavy atom. The molecule has 0 aliphatic rings. The molecule has 60 valence electrons. The summed E-state index contributed by atoms with van der Waals surface area (Å²) in [4.78, 5) is 0. The van der Waals surface area contributed by atoms with E-state index in [-0.39, 0.29) is 0 Å². The van der Waals surface area contributed by atoms with Gasteiger partial charge in [0, 0.05) is 20.8 Å². The van der Waals surface area contributed by atoms with E-state index in [4.69, 9.17) is 4.74 Å². The van der Waals surface area contributed by atoms with Crippen LogP contribution < -0.4 is 0 Å². The van der Waals surface area contributed by atoms with Gasteiger partial charge in [-0.05, 0) is 0 Å². The molecule has 3 nitrogen and oxygen atoms in total. The molecule has 0 aliphatic heterocycles. The maximum absolute atomic E-state index is 11.2. The van der Waals surface area contributed by atoms with E-state index in [2.05, 4.69) is 0 Å². The van der Waals surface area contributed by atoms with E-state index in [0.29, 0.717) is 5.90 Å². The molecule has 0 bridgehead atoms. The van der Waals surface area contributed by atoms with Crippen LogP contribution in [0.3, 0.4) is 0 Å². The van der Waals surface area contributed by atoms with Gasteiger partial charge in [-0.1, -0.05) is 0 Å². The number of hydrogen-bond donors (Lipinski definition) is 0. The van der Waals surface area contributed by atoms with E-state index in [9.17, 15) is 5.21 Å².